The quantitative estimate of drug-likeness (QED) is 0.168. The Hall–Kier alpha value is -7.17. The molecule has 0 amide bonds. The lowest BCUT2D eigenvalue weighted by atomic mass is 9.86. The Morgan fingerprint density at radius 2 is 1.13 bits per heavy atom. The van der Waals surface area contributed by atoms with Gasteiger partial charge in [0.25, 0.3) is 0 Å². The molecule has 10 aromatic rings. The summed E-state index contributed by atoms with van der Waals surface area (Å²) in [5.41, 5.74) is 14.0. The number of nitrogens with zero attached hydrogens (tertiary/aromatic N) is 4. The molecule has 0 aliphatic heterocycles. The lowest BCUT2D eigenvalue weighted by molar-refractivity contribution is 0.966. The lowest BCUT2D eigenvalue weighted by Crippen LogP contribution is -2.00. The van der Waals surface area contributed by atoms with Crippen molar-refractivity contribution in [3.8, 4) is 50.7 Å². The van der Waals surface area contributed by atoms with Crippen LogP contribution in [0.15, 0.2) is 176 Å². The van der Waals surface area contributed by atoms with Gasteiger partial charge in [-0.1, -0.05) is 115 Å². The van der Waals surface area contributed by atoms with Gasteiger partial charge in [0.2, 0.25) is 0 Å². The van der Waals surface area contributed by atoms with Crippen molar-refractivity contribution in [2.24, 2.45) is 0 Å². The molecule has 4 heterocycles. The first-order chi connectivity index (χ1) is 27.3. The van der Waals surface area contributed by atoms with Crippen molar-refractivity contribution < 1.29 is 0 Å². The van der Waals surface area contributed by atoms with Gasteiger partial charge in [0.05, 0.1) is 39.5 Å². The lowest BCUT2D eigenvalue weighted by Gasteiger charge is -2.18. The number of benzene rings is 6. The van der Waals surface area contributed by atoms with Crippen molar-refractivity contribution in [2.75, 3.05) is 0 Å². The molecule has 4 aromatic heterocycles. The highest BCUT2D eigenvalue weighted by molar-refractivity contribution is 6.21. The van der Waals surface area contributed by atoms with E-state index in [9.17, 15) is 0 Å². The average molecular weight is 703 g/mol. The summed E-state index contributed by atoms with van der Waals surface area (Å²) in [6.07, 6.45) is 8.44. The van der Waals surface area contributed by atoms with E-state index in [-0.39, 0.29) is 0 Å². The van der Waals surface area contributed by atoms with E-state index in [0.29, 0.717) is 0 Å². The second kappa shape index (κ2) is 12.8. The molecule has 1 aliphatic rings. The molecular weight excluding hydrogens is 669 g/mol. The van der Waals surface area contributed by atoms with Gasteiger partial charge in [0, 0.05) is 28.6 Å². The number of hydrogen-bond acceptors (Lipinski definition) is 3. The fraction of sp³-hybridized carbons (Fsp3) is 0.0392. The van der Waals surface area contributed by atoms with Crippen LogP contribution in [0.5, 0.6) is 0 Å². The smallest absolute Gasteiger partial charge is 0.0923 e. The van der Waals surface area contributed by atoms with Crippen molar-refractivity contribution in [3.63, 3.8) is 0 Å². The molecule has 0 atom stereocenters. The summed E-state index contributed by atoms with van der Waals surface area (Å²) in [5, 5.41) is 7.25. The van der Waals surface area contributed by atoms with E-state index in [1.165, 1.54) is 54.7 Å². The Balaban J connectivity index is 1.03. The molecule has 55 heavy (non-hydrogen) atoms. The van der Waals surface area contributed by atoms with Crippen LogP contribution in [0.4, 0.5) is 0 Å². The maximum Gasteiger partial charge on any atom is 0.0923 e. The van der Waals surface area contributed by atoms with Crippen molar-refractivity contribution >= 4 is 49.4 Å². The predicted molar refractivity (Wildman–Crippen MR) is 228 cm³/mol. The molecular formula is C51H34N4. The monoisotopic (exact) mass is 702 g/mol. The van der Waals surface area contributed by atoms with Crippen molar-refractivity contribution in [1.29, 1.82) is 0 Å². The minimum absolute atomic E-state index is 0.835. The summed E-state index contributed by atoms with van der Waals surface area (Å²) >= 11 is 0. The molecule has 1 aliphatic carbocycles. The van der Waals surface area contributed by atoms with Crippen LogP contribution in [-0.2, 0) is 6.42 Å². The summed E-state index contributed by atoms with van der Waals surface area (Å²) in [5.74, 6) is 0. The average Bonchev–Trinajstić information content (AvgIpc) is 3.60. The predicted octanol–water partition coefficient (Wildman–Crippen LogP) is 12.9. The van der Waals surface area contributed by atoms with Crippen LogP contribution in [0.3, 0.4) is 0 Å². The van der Waals surface area contributed by atoms with Crippen molar-refractivity contribution in [2.45, 2.75) is 12.8 Å². The van der Waals surface area contributed by atoms with E-state index in [1.54, 1.807) is 0 Å². The van der Waals surface area contributed by atoms with Crippen LogP contribution in [0.1, 0.15) is 17.7 Å². The van der Waals surface area contributed by atoms with E-state index in [0.717, 1.165) is 63.5 Å². The first-order valence-electron chi connectivity index (χ1n) is 18.9. The van der Waals surface area contributed by atoms with Crippen molar-refractivity contribution in [3.05, 3.63) is 187 Å². The molecule has 4 nitrogen and oxygen atoms in total. The minimum atomic E-state index is 0.835. The number of fused-ring (bicyclic) bond motifs is 6. The summed E-state index contributed by atoms with van der Waals surface area (Å²) in [7, 11) is 0. The van der Waals surface area contributed by atoms with Crippen LogP contribution in [-0.4, -0.2) is 19.5 Å². The molecule has 0 N–H and O–H groups in total. The number of allylic oxidation sites excluding steroid dienone is 1. The molecule has 0 radical (unpaired) electrons. The van der Waals surface area contributed by atoms with E-state index in [2.05, 4.69) is 174 Å². The van der Waals surface area contributed by atoms with Crippen molar-refractivity contribution in [1.82, 2.24) is 19.5 Å². The fourth-order valence-electron chi connectivity index (χ4n) is 8.64. The van der Waals surface area contributed by atoms with Crippen LogP contribution >= 0.6 is 0 Å². The van der Waals surface area contributed by atoms with Crippen LogP contribution < -0.4 is 0 Å². The Bertz CT molecular complexity index is 3110. The zero-order valence-corrected chi connectivity index (χ0v) is 30.0. The highest BCUT2D eigenvalue weighted by Gasteiger charge is 2.21. The standard InChI is InChI=1S/C51H34N4/c1-2-14-34-31-36(29-28-33(34)13-1)49-38-17-3-5-19-40(38)50(41-20-6-4-18-39(41)49)46-25-11-24-45(54-46)44-23-10-22-43(53-44)35-15-9-16-37(32-35)55-47-26-8-7-21-42(47)51-48(55)27-12-30-52-51/h1-6,8-20,22-32H,7,21H2. The molecule has 0 unspecified atom stereocenters. The molecule has 0 fully saturated rings. The summed E-state index contributed by atoms with van der Waals surface area (Å²) in [4.78, 5) is 15.4. The zero-order valence-electron chi connectivity index (χ0n) is 30.0. The van der Waals surface area contributed by atoms with Gasteiger partial charge in [-0.2, -0.15) is 0 Å². The molecule has 0 spiro atoms. The first-order valence-corrected chi connectivity index (χ1v) is 18.9. The Kier molecular flexibility index (Phi) is 7.27. The highest BCUT2D eigenvalue weighted by atomic mass is 15.0. The molecule has 6 aromatic carbocycles. The second-order valence-corrected chi connectivity index (χ2v) is 14.3. The van der Waals surface area contributed by atoms with Gasteiger partial charge in [-0.05, 0) is 117 Å². The largest absolute Gasteiger partial charge is 0.308 e. The topological polar surface area (TPSA) is 43.6 Å². The third-order valence-corrected chi connectivity index (χ3v) is 11.1. The van der Waals surface area contributed by atoms with E-state index in [1.807, 2.05) is 12.3 Å². The molecule has 0 saturated heterocycles. The third kappa shape index (κ3) is 5.18. The van der Waals surface area contributed by atoms with Gasteiger partial charge >= 0.3 is 0 Å². The van der Waals surface area contributed by atoms with Crippen LogP contribution in [0.25, 0.3) is 100 Å². The molecule has 4 heteroatoms. The third-order valence-electron chi connectivity index (χ3n) is 11.1. The van der Waals surface area contributed by atoms with Crippen LogP contribution in [0, 0.1) is 0 Å². The highest BCUT2D eigenvalue weighted by Crippen LogP contribution is 2.44. The van der Waals surface area contributed by atoms with Gasteiger partial charge in [-0.25, -0.2) is 9.97 Å². The second-order valence-electron chi connectivity index (χ2n) is 14.3. The Morgan fingerprint density at radius 1 is 0.473 bits per heavy atom. The Morgan fingerprint density at radius 3 is 1.91 bits per heavy atom. The van der Waals surface area contributed by atoms with Gasteiger partial charge in [-0.15, -0.1) is 0 Å². The number of rotatable bonds is 5. The maximum atomic E-state index is 5.35. The maximum absolute atomic E-state index is 5.35. The van der Waals surface area contributed by atoms with Crippen LogP contribution in [0.2, 0.25) is 0 Å². The van der Waals surface area contributed by atoms with E-state index in [4.69, 9.17) is 15.0 Å². The molecule has 258 valence electrons. The number of aromatic nitrogens is 4. The molecule has 0 bridgehead atoms. The van der Waals surface area contributed by atoms with Gasteiger partial charge in [0.15, 0.2) is 0 Å². The van der Waals surface area contributed by atoms with Gasteiger partial charge < -0.3 is 4.57 Å². The minimum Gasteiger partial charge on any atom is -0.308 e. The summed E-state index contributed by atoms with van der Waals surface area (Å²) in [6.45, 7) is 0. The molecule has 11 rings (SSSR count). The number of pyridine rings is 3. The number of hydrogen-bond donors (Lipinski definition) is 0. The first kappa shape index (κ1) is 31.4. The van der Waals surface area contributed by atoms with E-state index < -0.39 is 0 Å². The Labute approximate surface area is 318 Å². The fourth-order valence-corrected chi connectivity index (χ4v) is 8.64. The van der Waals surface area contributed by atoms with E-state index >= 15 is 0 Å². The number of aryl methyl sites for hydroxylation is 1. The zero-order chi connectivity index (χ0) is 36.3. The molecule has 0 saturated carbocycles. The van der Waals surface area contributed by atoms with Gasteiger partial charge in [-0.3, -0.25) is 4.98 Å². The van der Waals surface area contributed by atoms with Gasteiger partial charge in [0.1, 0.15) is 0 Å². The summed E-state index contributed by atoms with van der Waals surface area (Å²) in [6, 6.07) is 58.3. The SMILES string of the molecule is C1=Cc2c(c3ncccc3n2-c2cccc(-c3cccc(-c4cccc(-c5c6ccccc6c(-c6ccc7ccccc7c6)c6ccccc56)n4)n3)c2)CC1. The summed E-state index contributed by atoms with van der Waals surface area (Å²) < 4.78 is 2.34. The normalized spacial score (nSPS) is 12.5.